The number of methoxy groups -OCH3 is 1. The lowest BCUT2D eigenvalue weighted by Crippen LogP contribution is -2.45. The molecule has 1 aliphatic rings. The van der Waals surface area contributed by atoms with Crippen LogP contribution in [0.4, 0.5) is 5.69 Å². The third-order valence-electron chi connectivity index (χ3n) is 5.31. The lowest BCUT2D eigenvalue weighted by Gasteiger charge is -2.28. The van der Waals surface area contributed by atoms with Crippen LogP contribution in [0.3, 0.4) is 0 Å². The van der Waals surface area contributed by atoms with Gasteiger partial charge in [0.2, 0.25) is 5.91 Å². The van der Waals surface area contributed by atoms with Crippen LogP contribution in [-0.4, -0.2) is 35.8 Å². The van der Waals surface area contributed by atoms with Crippen LogP contribution in [-0.2, 0) is 16.1 Å². The van der Waals surface area contributed by atoms with Gasteiger partial charge in [-0.25, -0.2) is 4.90 Å². The van der Waals surface area contributed by atoms with Crippen LogP contribution in [0.1, 0.15) is 22.3 Å². The van der Waals surface area contributed by atoms with Crippen molar-refractivity contribution < 1.29 is 19.1 Å². The van der Waals surface area contributed by atoms with Gasteiger partial charge in [0.15, 0.2) is 0 Å². The topological polar surface area (TPSA) is 66.9 Å². The number of rotatable bonds is 6. The first-order valence-electron chi connectivity index (χ1n) is 9.99. The molecule has 0 radical (unpaired) electrons. The molecule has 6 heteroatoms. The first-order valence-corrected chi connectivity index (χ1v) is 9.99. The maximum Gasteiger partial charge on any atom is 0.257 e. The highest BCUT2D eigenvalue weighted by molar-refractivity contribution is 6.23. The summed E-state index contributed by atoms with van der Waals surface area (Å²) in [6, 6.07) is 24.0. The minimum atomic E-state index is -0.873. The lowest BCUT2D eigenvalue weighted by molar-refractivity contribution is -0.122. The van der Waals surface area contributed by atoms with Crippen LogP contribution in [0.2, 0.25) is 0 Å². The van der Waals surface area contributed by atoms with E-state index in [0.717, 1.165) is 5.56 Å². The van der Waals surface area contributed by atoms with Crippen molar-refractivity contribution >= 4 is 23.4 Å². The molecule has 0 aromatic heterocycles. The molecule has 0 spiro atoms. The van der Waals surface area contributed by atoms with Crippen molar-refractivity contribution in [3.05, 3.63) is 96.1 Å². The largest absolute Gasteiger partial charge is 0.497 e. The van der Waals surface area contributed by atoms with E-state index in [1.165, 1.54) is 9.80 Å². The molecule has 1 fully saturated rings. The summed E-state index contributed by atoms with van der Waals surface area (Å²) in [5.41, 5.74) is 1.81. The first kappa shape index (κ1) is 20.3. The van der Waals surface area contributed by atoms with E-state index in [9.17, 15) is 14.4 Å². The second-order valence-corrected chi connectivity index (χ2v) is 7.27. The second kappa shape index (κ2) is 8.83. The first-order chi connectivity index (χ1) is 15.1. The number of para-hydroxylation sites is 1. The molecule has 3 amide bonds. The minimum Gasteiger partial charge on any atom is -0.497 e. The number of benzene rings is 3. The summed E-state index contributed by atoms with van der Waals surface area (Å²) >= 11 is 0. The molecule has 156 valence electrons. The van der Waals surface area contributed by atoms with E-state index in [-0.39, 0.29) is 24.8 Å². The number of nitrogens with zero attached hydrogens (tertiary/aromatic N) is 2. The molecular weight excluding hydrogens is 392 g/mol. The van der Waals surface area contributed by atoms with Gasteiger partial charge in [-0.1, -0.05) is 48.5 Å². The zero-order chi connectivity index (χ0) is 21.8. The van der Waals surface area contributed by atoms with Crippen LogP contribution in [0, 0.1) is 0 Å². The summed E-state index contributed by atoms with van der Waals surface area (Å²) in [5, 5.41) is 0. The highest BCUT2D eigenvalue weighted by Crippen LogP contribution is 2.28. The highest BCUT2D eigenvalue weighted by atomic mass is 16.5. The molecule has 0 unspecified atom stereocenters. The quantitative estimate of drug-likeness (QED) is 0.577. The number of hydrogen-bond donors (Lipinski definition) is 0. The second-order valence-electron chi connectivity index (χ2n) is 7.27. The third kappa shape index (κ3) is 4.19. The number of ether oxygens (including phenoxy) is 1. The van der Waals surface area contributed by atoms with Gasteiger partial charge in [0.05, 0.1) is 19.2 Å². The molecule has 3 aromatic rings. The van der Waals surface area contributed by atoms with Crippen LogP contribution in [0.15, 0.2) is 84.9 Å². The fourth-order valence-electron chi connectivity index (χ4n) is 3.71. The van der Waals surface area contributed by atoms with E-state index < -0.39 is 11.9 Å². The van der Waals surface area contributed by atoms with Crippen LogP contribution in [0.5, 0.6) is 5.75 Å². The molecule has 0 saturated carbocycles. The predicted molar refractivity (Wildman–Crippen MR) is 117 cm³/mol. The fraction of sp³-hybridized carbons (Fsp3) is 0.160. The maximum absolute atomic E-state index is 13.4. The SMILES string of the molecule is COc1ccc(CN(C(=O)c2ccccc2)[C@@H]2CC(=O)N(c3ccccc3)C2=O)cc1. The van der Waals surface area contributed by atoms with E-state index in [2.05, 4.69) is 0 Å². The molecule has 0 N–H and O–H groups in total. The molecule has 1 saturated heterocycles. The summed E-state index contributed by atoms with van der Waals surface area (Å²) in [7, 11) is 1.58. The summed E-state index contributed by atoms with van der Waals surface area (Å²) in [6.45, 7) is 0.198. The molecular formula is C25H22N2O4. The van der Waals surface area contributed by atoms with Gasteiger partial charge in [-0.15, -0.1) is 0 Å². The van der Waals surface area contributed by atoms with Gasteiger partial charge in [0, 0.05) is 12.1 Å². The number of imide groups is 1. The molecule has 31 heavy (non-hydrogen) atoms. The Labute approximate surface area is 180 Å². The van der Waals surface area contributed by atoms with E-state index in [1.54, 1.807) is 67.8 Å². The van der Waals surface area contributed by atoms with Crippen LogP contribution < -0.4 is 9.64 Å². The van der Waals surface area contributed by atoms with Gasteiger partial charge >= 0.3 is 0 Å². The van der Waals surface area contributed by atoms with E-state index >= 15 is 0 Å². The van der Waals surface area contributed by atoms with Crippen molar-refractivity contribution in [2.24, 2.45) is 0 Å². The smallest absolute Gasteiger partial charge is 0.257 e. The fourth-order valence-corrected chi connectivity index (χ4v) is 3.71. The monoisotopic (exact) mass is 414 g/mol. The summed E-state index contributed by atoms with van der Waals surface area (Å²) in [5.74, 6) is -0.305. The average molecular weight is 414 g/mol. The Kier molecular flexibility index (Phi) is 5.80. The predicted octanol–water partition coefficient (Wildman–Crippen LogP) is 3.67. The molecule has 6 nitrogen and oxygen atoms in total. The van der Waals surface area contributed by atoms with Crippen molar-refractivity contribution in [1.82, 2.24) is 4.90 Å². The number of anilines is 1. The zero-order valence-corrected chi connectivity index (χ0v) is 17.1. The van der Waals surface area contributed by atoms with E-state index in [1.807, 2.05) is 24.3 Å². The van der Waals surface area contributed by atoms with Crippen molar-refractivity contribution in [1.29, 1.82) is 0 Å². The molecule has 0 aliphatic carbocycles. The molecule has 1 aliphatic heterocycles. The van der Waals surface area contributed by atoms with Crippen LogP contribution >= 0.6 is 0 Å². The van der Waals surface area contributed by atoms with Gasteiger partial charge in [-0.3, -0.25) is 14.4 Å². The van der Waals surface area contributed by atoms with Gasteiger partial charge in [-0.05, 0) is 42.0 Å². The summed E-state index contributed by atoms with van der Waals surface area (Å²) < 4.78 is 5.20. The Balaban J connectivity index is 1.67. The Hall–Kier alpha value is -3.93. The van der Waals surface area contributed by atoms with Gasteiger partial charge in [0.1, 0.15) is 11.8 Å². The molecule has 0 bridgehead atoms. The average Bonchev–Trinajstić information content (AvgIpc) is 3.12. The summed E-state index contributed by atoms with van der Waals surface area (Å²) in [6.07, 6.45) is -0.0531. The molecule has 3 aromatic carbocycles. The Morgan fingerprint density at radius 1 is 0.935 bits per heavy atom. The minimum absolute atomic E-state index is 0.0531. The molecule has 1 heterocycles. The van der Waals surface area contributed by atoms with Gasteiger partial charge < -0.3 is 9.64 Å². The van der Waals surface area contributed by atoms with Crippen molar-refractivity contribution in [3.8, 4) is 5.75 Å². The number of carbonyl (C=O) groups excluding carboxylic acids is 3. The lowest BCUT2D eigenvalue weighted by atomic mass is 10.1. The standard InChI is InChI=1S/C25H22N2O4/c1-31-21-14-12-18(13-15-21)17-26(24(29)19-8-4-2-5-9-19)22-16-23(28)27(25(22)30)20-10-6-3-7-11-20/h2-15,22H,16-17H2,1H3/t22-/m1/s1. The van der Waals surface area contributed by atoms with E-state index in [0.29, 0.717) is 17.0 Å². The summed E-state index contributed by atoms with van der Waals surface area (Å²) in [4.78, 5) is 42.1. The van der Waals surface area contributed by atoms with Crippen LogP contribution in [0.25, 0.3) is 0 Å². The Bertz CT molecular complexity index is 1080. The van der Waals surface area contributed by atoms with Crippen molar-refractivity contribution in [2.75, 3.05) is 12.0 Å². The Morgan fingerprint density at radius 2 is 1.55 bits per heavy atom. The zero-order valence-electron chi connectivity index (χ0n) is 17.1. The van der Waals surface area contributed by atoms with Gasteiger partial charge in [-0.2, -0.15) is 0 Å². The van der Waals surface area contributed by atoms with Gasteiger partial charge in [0.25, 0.3) is 11.8 Å². The van der Waals surface area contributed by atoms with Crippen molar-refractivity contribution in [2.45, 2.75) is 19.0 Å². The Morgan fingerprint density at radius 3 is 2.16 bits per heavy atom. The molecule has 4 rings (SSSR count). The third-order valence-corrected chi connectivity index (χ3v) is 5.31. The number of amides is 3. The van der Waals surface area contributed by atoms with Crippen molar-refractivity contribution in [3.63, 3.8) is 0 Å². The normalized spacial score (nSPS) is 15.8. The number of hydrogen-bond acceptors (Lipinski definition) is 4. The number of carbonyl (C=O) groups is 3. The maximum atomic E-state index is 13.4. The molecule has 1 atom stereocenters. The highest BCUT2D eigenvalue weighted by Gasteiger charge is 2.44. The van der Waals surface area contributed by atoms with E-state index in [4.69, 9.17) is 4.74 Å².